The van der Waals surface area contributed by atoms with Crippen molar-refractivity contribution in [2.45, 2.75) is 20.8 Å². The third-order valence-electron chi connectivity index (χ3n) is 2.12. The van der Waals surface area contributed by atoms with Crippen molar-refractivity contribution in [3.05, 3.63) is 11.4 Å². The van der Waals surface area contributed by atoms with Crippen molar-refractivity contribution in [2.24, 2.45) is 0 Å². The second-order valence-corrected chi connectivity index (χ2v) is 3.09. The molecule has 1 aromatic heterocycles. The topological polar surface area (TPSA) is 62.1 Å². The molecule has 14 heavy (non-hydrogen) atoms. The highest BCUT2D eigenvalue weighted by Crippen LogP contribution is 2.07. The van der Waals surface area contributed by atoms with Gasteiger partial charge in [-0.25, -0.2) is 4.98 Å². The Morgan fingerprint density at radius 3 is 2.43 bits per heavy atom. The predicted molar refractivity (Wildman–Crippen MR) is 54.3 cm³/mol. The number of hydrogen-bond donors (Lipinski definition) is 1. The van der Waals surface area contributed by atoms with Gasteiger partial charge in [0.2, 0.25) is 5.95 Å². The first-order valence-electron chi connectivity index (χ1n) is 4.72. The fourth-order valence-electron chi connectivity index (χ4n) is 1.10. The van der Waals surface area contributed by atoms with E-state index < -0.39 is 0 Å². The normalized spacial score (nSPS) is 10.3. The van der Waals surface area contributed by atoms with E-state index in [1.54, 1.807) is 0 Å². The van der Waals surface area contributed by atoms with E-state index in [2.05, 4.69) is 15.2 Å². The summed E-state index contributed by atoms with van der Waals surface area (Å²) in [7, 11) is 0. The molecule has 78 valence electrons. The van der Waals surface area contributed by atoms with Gasteiger partial charge in [-0.05, 0) is 20.8 Å². The van der Waals surface area contributed by atoms with E-state index in [0.717, 1.165) is 17.9 Å². The van der Waals surface area contributed by atoms with Gasteiger partial charge in [-0.2, -0.15) is 5.10 Å². The number of hydrogen-bond acceptors (Lipinski definition) is 5. The largest absolute Gasteiger partial charge is 0.395 e. The molecule has 0 saturated heterocycles. The van der Waals surface area contributed by atoms with E-state index in [0.29, 0.717) is 12.5 Å². The van der Waals surface area contributed by atoms with Crippen LogP contribution in [-0.2, 0) is 0 Å². The molecule has 0 unspecified atom stereocenters. The maximum atomic E-state index is 8.84. The number of nitrogens with zero attached hydrogens (tertiary/aromatic N) is 4. The summed E-state index contributed by atoms with van der Waals surface area (Å²) < 4.78 is 0. The molecule has 0 saturated carbocycles. The van der Waals surface area contributed by atoms with Crippen LogP contribution in [0.25, 0.3) is 0 Å². The maximum absolute atomic E-state index is 8.84. The van der Waals surface area contributed by atoms with Crippen molar-refractivity contribution < 1.29 is 5.11 Å². The molecule has 0 amide bonds. The molecule has 0 aliphatic heterocycles. The molecule has 1 N–H and O–H groups in total. The van der Waals surface area contributed by atoms with Crippen LogP contribution in [0.15, 0.2) is 0 Å². The molecule has 0 aliphatic carbocycles. The average molecular weight is 196 g/mol. The molecule has 0 atom stereocenters. The molecule has 0 fully saturated rings. The van der Waals surface area contributed by atoms with E-state index >= 15 is 0 Å². The first-order chi connectivity index (χ1) is 6.69. The molecule has 5 heteroatoms. The van der Waals surface area contributed by atoms with Gasteiger partial charge < -0.3 is 10.0 Å². The molecular weight excluding hydrogens is 180 g/mol. The monoisotopic (exact) mass is 196 g/mol. The van der Waals surface area contributed by atoms with Crippen LogP contribution >= 0.6 is 0 Å². The third kappa shape index (κ3) is 2.38. The smallest absolute Gasteiger partial charge is 0.245 e. The lowest BCUT2D eigenvalue weighted by molar-refractivity contribution is 0.301. The van der Waals surface area contributed by atoms with Crippen LogP contribution in [0, 0.1) is 13.8 Å². The van der Waals surface area contributed by atoms with Crippen LogP contribution in [0.5, 0.6) is 0 Å². The zero-order valence-electron chi connectivity index (χ0n) is 8.86. The Morgan fingerprint density at radius 1 is 1.21 bits per heavy atom. The summed E-state index contributed by atoms with van der Waals surface area (Å²) in [5, 5.41) is 16.8. The van der Waals surface area contributed by atoms with Crippen LogP contribution in [0.2, 0.25) is 0 Å². The summed E-state index contributed by atoms with van der Waals surface area (Å²) in [4.78, 5) is 6.19. The zero-order chi connectivity index (χ0) is 10.6. The van der Waals surface area contributed by atoms with Gasteiger partial charge in [-0.1, -0.05) is 0 Å². The van der Waals surface area contributed by atoms with Crippen LogP contribution < -0.4 is 4.90 Å². The van der Waals surface area contributed by atoms with Gasteiger partial charge >= 0.3 is 0 Å². The molecule has 0 aromatic carbocycles. The number of aliphatic hydroxyl groups is 1. The minimum Gasteiger partial charge on any atom is -0.395 e. The van der Waals surface area contributed by atoms with Gasteiger partial charge in [0.15, 0.2) is 0 Å². The van der Waals surface area contributed by atoms with Crippen LogP contribution in [-0.4, -0.2) is 40.0 Å². The fraction of sp³-hybridized carbons (Fsp3) is 0.667. The summed E-state index contributed by atoms with van der Waals surface area (Å²) in [6.45, 7) is 7.19. The lowest BCUT2D eigenvalue weighted by atomic mass is 10.4. The summed E-state index contributed by atoms with van der Waals surface area (Å²) in [6, 6.07) is 0. The van der Waals surface area contributed by atoms with E-state index in [1.165, 1.54) is 0 Å². The molecule has 0 radical (unpaired) electrons. The molecule has 0 spiro atoms. The summed E-state index contributed by atoms with van der Waals surface area (Å²) in [6.07, 6.45) is 0. The van der Waals surface area contributed by atoms with Gasteiger partial charge in [0, 0.05) is 13.1 Å². The van der Waals surface area contributed by atoms with Gasteiger partial charge in [0.1, 0.15) is 0 Å². The molecule has 1 aromatic rings. The number of aromatic nitrogens is 3. The summed E-state index contributed by atoms with van der Waals surface area (Å²) in [5.74, 6) is 0.588. The standard InChI is InChI=1S/C9H16N4O/c1-4-13(5-6-14)9-10-7(2)8(3)11-12-9/h14H,4-6H2,1-3H3. The second kappa shape index (κ2) is 4.85. The number of anilines is 1. The molecule has 1 rings (SSSR count). The van der Waals surface area contributed by atoms with Crippen molar-refractivity contribution >= 4 is 5.95 Å². The highest BCUT2D eigenvalue weighted by molar-refractivity contribution is 5.29. The van der Waals surface area contributed by atoms with Gasteiger partial charge in [-0.15, -0.1) is 5.10 Å². The first kappa shape index (κ1) is 10.8. The Hall–Kier alpha value is -1.23. The van der Waals surface area contributed by atoms with Crippen LogP contribution in [0.4, 0.5) is 5.95 Å². The third-order valence-corrected chi connectivity index (χ3v) is 2.12. The Bertz CT molecular complexity index is 303. The van der Waals surface area contributed by atoms with Gasteiger partial charge in [0.05, 0.1) is 18.0 Å². The van der Waals surface area contributed by atoms with Gasteiger partial charge in [-0.3, -0.25) is 0 Å². The highest BCUT2D eigenvalue weighted by Gasteiger charge is 2.08. The Labute approximate surface area is 83.8 Å². The van der Waals surface area contributed by atoms with Gasteiger partial charge in [0.25, 0.3) is 0 Å². The Kier molecular flexibility index (Phi) is 3.76. The average Bonchev–Trinajstić information content (AvgIpc) is 2.19. The number of aryl methyl sites for hydroxylation is 2. The Balaban J connectivity index is 2.88. The number of aliphatic hydroxyl groups excluding tert-OH is 1. The molecule has 1 heterocycles. The van der Waals surface area contributed by atoms with Crippen molar-refractivity contribution in [2.75, 3.05) is 24.6 Å². The minimum atomic E-state index is 0.101. The molecule has 0 bridgehead atoms. The fourth-order valence-corrected chi connectivity index (χ4v) is 1.10. The van der Waals surface area contributed by atoms with Crippen molar-refractivity contribution in [1.29, 1.82) is 0 Å². The van der Waals surface area contributed by atoms with E-state index in [-0.39, 0.29) is 6.61 Å². The SMILES string of the molecule is CCN(CCO)c1nnc(C)c(C)n1. The first-order valence-corrected chi connectivity index (χ1v) is 4.72. The van der Waals surface area contributed by atoms with E-state index in [4.69, 9.17) is 5.11 Å². The zero-order valence-corrected chi connectivity index (χ0v) is 8.86. The van der Waals surface area contributed by atoms with E-state index in [1.807, 2.05) is 25.7 Å². The van der Waals surface area contributed by atoms with Crippen LogP contribution in [0.1, 0.15) is 18.3 Å². The molecular formula is C9H16N4O. The quantitative estimate of drug-likeness (QED) is 0.750. The summed E-state index contributed by atoms with van der Waals surface area (Å²) in [5.41, 5.74) is 1.72. The predicted octanol–water partition coefficient (Wildman–Crippen LogP) is 0.307. The number of rotatable bonds is 4. The van der Waals surface area contributed by atoms with Crippen molar-refractivity contribution in [3.63, 3.8) is 0 Å². The minimum absolute atomic E-state index is 0.101. The second-order valence-electron chi connectivity index (χ2n) is 3.09. The highest BCUT2D eigenvalue weighted by atomic mass is 16.3. The molecule has 0 aliphatic rings. The lowest BCUT2D eigenvalue weighted by Crippen LogP contribution is -2.28. The van der Waals surface area contributed by atoms with Crippen molar-refractivity contribution in [1.82, 2.24) is 15.2 Å². The number of likely N-dealkylation sites (N-methyl/N-ethyl adjacent to an activating group) is 1. The van der Waals surface area contributed by atoms with Crippen LogP contribution in [0.3, 0.4) is 0 Å². The lowest BCUT2D eigenvalue weighted by Gasteiger charge is -2.18. The Morgan fingerprint density at radius 2 is 1.93 bits per heavy atom. The van der Waals surface area contributed by atoms with Crippen molar-refractivity contribution in [3.8, 4) is 0 Å². The maximum Gasteiger partial charge on any atom is 0.245 e. The summed E-state index contributed by atoms with van der Waals surface area (Å²) >= 11 is 0. The molecule has 5 nitrogen and oxygen atoms in total. The van der Waals surface area contributed by atoms with E-state index in [9.17, 15) is 0 Å².